The minimum absolute atomic E-state index is 0.237. The first kappa shape index (κ1) is 13.7. The quantitative estimate of drug-likeness (QED) is 0.732. The van der Waals surface area contributed by atoms with Crippen LogP contribution in [0.4, 0.5) is 5.69 Å². The van der Waals surface area contributed by atoms with Crippen LogP contribution in [0.2, 0.25) is 0 Å². The largest absolute Gasteiger partial charge is 0.465 e. The number of hydrogen-bond donors (Lipinski definition) is 3. The lowest BCUT2D eigenvalue weighted by molar-refractivity contribution is 0.0600. The maximum Gasteiger partial charge on any atom is 0.337 e. The molecule has 104 valence electrons. The Morgan fingerprint density at radius 3 is 2.55 bits per heavy atom. The number of esters is 1. The van der Waals surface area contributed by atoms with Gasteiger partial charge in [0.1, 0.15) is 5.69 Å². The van der Waals surface area contributed by atoms with Gasteiger partial charge in [-0.25, -0.2) is 4.79 Å². The number of anilines is 1. The second-order valence-corrected chi connectivity index (χ2v) is 4.22. The maximum atomic E-state index is 11.8. The Balaban J connectivity index is 1.94. The van der Waals surface area contributed by atoms with Gasteiger partial charge in [-0.1, -0.05) is 12.1 Å². The molecule has 1 heterocycles. The maximum absolute atomic E-state index is 11.8. The lowest BCUT2D eigenvalue weighted by Gasteiger charge is -2.05. The molecule has 0 aliphatic heterocycles. The lowest BCUT2D eigenvalue weighted by atomic mass is 10.1. The number of nitrogen functional groups attached to an aromatic ring is 1. The van der Waals surface area contributed by atoms with E-state index in [0.29, 0.717) is 23.5 Å². The number of nitrogens with two attached hydrogens (primary N) is 1. The summed E-state index contributed by atoms with van der Waals surface area (Å²) in [5, 5.41) is 2.75. The first-order chi connectivity index (χ1) is 9.60. The summed E-state index contributed by atoms with van der Waals surface area (Å²) >= 11 is 0. The highest BCUT2D eigenvalue weighted by atomic mass is 16.5. The normalized spacial score (nSPS) is 10.1. The molecule has 2 aromatic rings. The number of ether oxygens (including phenoxy) is 1. The second kappa shape index (κ2) is 5.92. The Hall–Kier alpha value is -2.76. The van der Waals surface area contributed by atoms with Gasteiger partial charge in [-0.3, -0.25) is 4.79 Å². The van der Waals surface area contributed by atoms with Crippen molar-refractivity contribution >= 4 is 17.6 Å². The zero-order valence-corrected chi connectivity index (χ0v) is 11.0. The highest BCUT2D eigenvalue weighted by molar-refractivity contribution is 5.93. The van der Waals surface area contributed by atoms with Crippen molar-refractivity contribution in [3.63, 3.8) is 0 Å². The number of hydrogen-bond acceptors (Lipinski definition) is 4. The van der Waals surface area contributed by atoms with Crippen LogP contribution < -0.4 is 11.1 Å². The van der Waals surface area contributed by atoms with Crippen LogP contribution in [0.15, 0.2) is 36.5 Å². The van der Waals surface area contributed by atoms with Crippen LogP contribution in [0.25, 0.3) is 0 Å². The van der Waals surface area contributed by atoms with Crippen molar-refractivity contribution in [3.05, 3.63) is 53.3 Å². The molecule has 0 unspecified atom stereocenters. The van der Waals surface area contributed by atoms with Crippen LogP contribution in [0.1, 0.15) is 26.4 Å². The van der Waals surface area contributed by atoms with E-state index in [1.165, 1.54) is 7.11 Å². The average molecular weight is 273 g/mol. The van der Waals surface area contributed by atoms with Crippen LogP contribution in [-0.2, 0) is 11.3 Å². The summed E-state index contributed by atoms with van der Waals surface area (Å²) in [6, 6.07) is 8.39. The Kier molecular flexibility index (Phi) is 4.05. The minimum Gasteiger partial charge on any atom is -0.465 e. The Morgan fingerprint density at radius 1 is 1.30 bits per heavy atom. The number of carbonyl (C=O) groups is 2. The van der Waals surface area contributed by atoms with Crippen molar-refractivity contribution in [2.45, 2.75) is 6.54 Å². The number of H-pyrrole nitrogens is 1. The summed E-state index contributed by atoms with van der Waals surface area (Å²) in [5.74, 6) is -0.624. The highest BCUT2D eigenvalue weighted by Gasteiger charge is 2.08. The molecule has 0 saturated carbocycles. The van der Waals surface area contributed by atoms with E-state index in [-0.39, 0.29) is 11.9 Å². The van der Waals surface area contributed by atoms with Gasteiger partial charge in [-0.15, -0.1) is 0 Å². The summed E-state index contributed by atoms with van der Waals surface area (Å²) < 4.78 is 4.61. The second-order valence-electron chi connectivity index (χ2n) is 4.22. The van der Waals surface area contributed by atoms with E-state index in [4.69, 9.17) is 5.73 Å². The number of aromatic amines is 1. The van der Waals surface area contributed by atoms with E-state index in [2.05, 4.69) is 15.0 Å². The van der Waals surface area contributed by atoms with Gasteiger partial charge >= 0.3 is 5.97 Å². The molecule has 0 radical (unpaired) electrons. The van der Waals surface area contributed by atoms with E-state index in [0.717, 1.165) is 5.56 Å². The molecule has 0 bridgehead atoms. The molecule has 6 heteroatoms. The van der Waals surface area contributed by atoms with Gasteiger partial charge in [0.15, 0.2) is 0 Å². The fraction of sp³-hybridized carbons (Fsp3) is 0.143. The molecule has 0 aliphatic carbocycles. The number of carbonyl (C=O) groups excluding carboxylic acids is 2. The van der Waals surface area contributed by atoms with Gasteiger partial charge in [0.2, 0.25) is 0 Å². The van der Waals surface area contributed by atoms with Crippen molar-refractivity contribution in [1.82, 2.24) is 10.3 Å². The number of rotatable bonds is 4. The molecule has 1 aromatic heterocycles. The number of amides is 1. The monoisotopic (exact) mass is 273 g/mol. The van der Waals surface area contributed by atoms with E-state index >= 15 is 0 Å². The molecular formula is C14H15N3O3. The van der Waals surface area contributed by atoms with Crippen LogP contribution in [0, 0.1) is 0 Å². The predicted molar refractivity (Wildman–Crippen MR) is 74.2 cm³/mol. The average Bonchev–Trinajstić information content (AvgIpc) is 2.91. The molecule has 0 saturated heterocycles. The summed E-state index contributed by atoms with van der Waals surface area (Å²) in [7, 11) is 1.33. The minimum atomic E-state index is -0.387. The van der Waals surface area contributed by atoms with Gasteiger partial charge in [-0.05, 0) is 23.8 Å². The highest BCUT2D eigenvalue weighted by Crippen LogP contribution is 2.07. The van der Waals surface area contributed by atoms with E-state index in [9.17, 15) is 9.59 Å². The number of nitrogens with one attached hydrogen (secondary N) is 2. The smallest absolute Gasteiger partial charge is 0.337 e. The molecule has 0 spiro atoms. The third-order valence-electron chi connectivity index (χ3n) is 2.78. The summed E-state index contributed by atoms with van der Waals surface area (Å²) in [6.45, 7) is 0.360. The number of benzene rings is 1. The standard InChI is InChI=1S/C14H15N3O3/c1-20-14(19)10-4-2-9(3-5-10)7-17-13(18)12-6-11(15)8-16-12/h2-6,8,16H,7,15H2,1H3,(H,17,18). The topological polar surface area (TPSA) is 97.2 Å². The fourth-order valence-corrected chi connectivity index (χ4v) is 1.70. The SMILES string of the molecule is COC(=O)c1ccc(CNC(=O)c2cc(N)c[nH]2)cc1. The van der Waals surface area contributed by atoms with Crippen LogP contribution >= 0.6 is 0 Å². The summed E-state index contributed by atoms with van der Waals surface area (Å²) in [6.07, 6.45) is 1.56. The van der Waals surface area contributed by atoms with Crippen molar-refractivity contribution in [1.29, 1.82) is 0 Å². The van der Waals surface area contributed by atoms with Crippen LogP contribution in [0.5, 0.6) is 0 Å². The first-order valence-electron chi connectivity index (χ1n) is 5.99. The summed E-state index contributed by atoms with van der Waals surface area (Å²) in [4.78, 5) is 25.8. The van der Waals surface area contributed by atoms with Gasteiger partial charge in [0, 0.05) is 18.4 Å². The molecule has 6 nitrogen and oxygen atoms in total. The Bertz CT molecular complexity index is 617. The third-order valence-corrected chi connectivity index (χ3v) is 2.78. The van der Waals surface area contributed by atoms with Gasteiger partial charge < -0.3 is 20.8 Å². The van der Waals surface area contributed by atoms with E-state index in [1.807, 2.05) is 0 Å². The van der Waals surface area contributed by atoms with Crippen molar-refractivity contribution in [3.8, 4) is 0 Å². The molecule has 2 rings (SSSR count). The fourth-order valence-electron chi connectivity index (χ4n) is 1.70. The van der Waals surface area contributed by atoms with Gasteiger partial charge in [0.25, 0.3) is 5.91 Å². The number of aromatic nitrogens is 1. The van der Waals surface area contributed by atoms with Crippen molar-refractivity contribution in [2.24, 2.45) is 0 Å². The Morgan fingerprint density at radius 2 is 2.00 bits per heavy atom. The molecule has 0 aliphatic rings. The molecule has 20 heavy (non-hydrogen) atoms. The van der Waals surface area contributed by atoms with Crippen LogP contribution in [-0.4, -0.2) is 24.0 Å². The zero-order valence-electron chi connectivity index (χ0n) is 11.0. The number of methoxy groups -OCH3 is 1. The molecule has 1 aromatic carbocycles. The first-order valence-corrected chi connectivity index (χ1v) is 5.99. The molecule has 0 atom stereocenters. The zero-order chi connectivity index (χ0) is 14.5. The Labute approximate surface area is 115 Å². The molecule has 4 N–H and O–H groups in total. The van der Waals surface area contributed by atoms with E-state index in [1.54, 1.807) is 36.5 Å². The van der Waals surface area contributed by atoms with E-state index < -0.39 is 0 Å². The predicted octanol–water partition coefficient (Wildman–Crippen LogP) is 1.31. The molecule has 1 amide bonds. The lowest BCUT2D eigenvalue weighted by Crippen LogP contribution is -2.23. The van der Waals surface area contributed by atoms with Crippen molar-refractivity contribution < 1.29 is 14.3 Å². The summed E-state index contributed by atoms with van der Waals surface area (Å²) in [5.41, 5.74) is 7.80. The van der Waals surface area contributed by atoms with Crippen LogP contribution in [0.3, 0.4) is 0 Å². The van der Waals surface area contributed by atoms with Gasteiger partial charge in [0.05, 0.1) is 12.7 Å². The molecular weight excluding hydrogens is 258 g/mol. The third kappa shape index (κ3) is 3.17. The van der Waals surface area contributed by atoms with Gasteiger partial charge in [-0.2, -0.15) is 0 Å². The van der Waals surface area contributed by atoms with Crippen molar-refractivity contribution in [2.75, 3.05) is 12.8 Å². The molecule has 0 fully saturated rings.